The molecular weight excluding hydrogens is 327 g/mol. The fourth-order valence-electron chi connectivity index (χ4n) is 1.80. The van der Waals surface area contributed by atoms with Gasteiger partial charge >= 0.3 is 0 Å². The molecule has 0 saturated carbocycles. The minimum atomic E-state index is -0.535. The third-order valence-corrected chi connectivity index (χ3v) is 3.41. The van der Waals surface area contributed by atoms with Crippen molar-refractivity contribution in [2.45, 2.75) is 0 Å². The maximum Gasteiger partial charge on any atom is 0.270 e. The first-order valence-electron chi connectivity index (χ1n) is 5.97. The van der Waals surface area contributed by atoms with Crippen molar-refractivity contribution in [2.24, 2.45) is 0 Å². The molecule has 7 heteroatoms. The SMILES string of the molecule is N#CC(=Cc1cc(Cl)c(O)c(Cl)c1)c1cccc([N+](=O)[O-])c1. The van der Waals surface area contributed by atoms with E-state index < -0.39 is 4.92 Å². The van der Waals surface area contributed by atoms with Gasteiger partial charge in [-0.2, -0.15) is 5.26 Å². The lowest BCUT2D eigenvalue weighted by Crippen LogP contribution is -1.89. The highest BCUT2D eigenvalue weighted by Crippen LogP contribution is 2.34. The summed E-state index contributed by atoms with van der Waals surface area (Å²) in [7, 11) is 0. The van der Waals surface area contributed by atoms with E-state index in [0.717, 1.165) is 0 Å². The molecule has 110 valence electrons. The van der Waals surface area contributed by atoms with Crippen LogP contribution in [0.3, 0.4) is 0 Å². The smallest absolute Gasteiger partial charge is 0.270 e. The Bertz CT molecular complexity index is 803. The number of phenolic OH excluding ortho intramolecular Hbond substituents is 1. The second-order valence-corrected chi connectivity index (χ2v) is 5.12. The van der Waals surface area contributed by atoms with E-state index in [0.29, 0.717) is 11.1 Å². The Morgan fingerprint density at radius 2 is 1.91 bits per heavy atom. The van der Waals surface area contributed by atoms with E-state index in [1.165, 1.54) is 36.4 Å². The van der Waals surface area contributed by atoms with E-state index >= 15 is 0 Å². The van der Waals surface area contributed by atoms with Gasteiger partial charge in [-0.15, -0.1) is 0 Å². The van der Waals surface area contributed by atoms with Crippen molar-refractivity contribution in [3.8, 4) is 11.8 Å². The Morgan fingerprint density at radius 1 is 1.27 bits per heavy atom. The molecule has 0 heterocycles. The third-order valence-electron chi connectivity index (χ3n) is 2.84. The molecule has 1 N–H and O–H groups in total. The van der Waals surface area contributed by atoms with E-state index in [1.54, 1.807) is 6.07 Å². The van der Waals surface area contributed by atoms with Crippen molar-refractivity contribution in [3.05, 3.63) is 67.7 Å². The molecule has 0 fully saturated rings. The average Bonchev–Trinajstić information content (AvgIpc) is 2.50. The maximum absolute atomic E-state index is 10.8. The van der Waals surface area contributed by atoms with Gasteiger partial charge in [0, 0.05) is 12.1 Å². The fraction of sp³-hybridized carbons (Fsp3) is 0. The third kappa shape index (κ3) is 3.37. The van der Waals surface area contributed by atoms with Gasteiger partial charge in [-0.3, -0.25) is 10.1 Å². The Labute approximate surface area is 135 Å². The van der Waals surface area contributed by atoms with Crippen molar-refractivity contribution in [1.29, 1.82) is 5.26 Å². The van der Waals surface area contributed by atoms with Gasteiger partial charge < -0.3 is 5.11 Å². The minimum Gasteiger partial charge on any atom is -0.505 e. The van der Waals surface area contributed by atoms with E-state index in [2.05, 4.69) is 0 Å². The van der Waals surface area contributed by atoms with Gasteiger partial charge in [0.05, 0.1) is 26.6 Å². The maximum atomic E-state index is 10.8. The van der Waals surface area contributed by atoms with Crippen molar-refractivity contribution in [3.63, 3.8) is 0 Å². The van der Waals surface area contributed by atoms with Gasteiger partial charge in [0.15, 0.2) is 5.75 Å². The molecule has 0 amide bonds. The van der Waals surface area contributed by atoms with E-state index in [-0.39, 0.29) is 27.1 Å². The van der Waals surface area contributed by atoms with Crippen LogP contribution in [-0.2, 0) is 0 Å². The second kappa shape index (κ2) is 6.48. The molecule has 0 aromatic heterocycles. The van der Waals surface area contributed by atoms with Gasteiger partial charge in [-0.1, -0.05) is 35.3 Å². The number of nitro groups is 1. The zero-order chi connectivity index (χ0) is 16.3. The lowest BCUT2D eigenvalue weighted by atomic mass is 10.0. The summed E-state index contributed by atoms with van der Waals surface area (Å²) in [4.78, 5) is 10.3. The Balaban J connectivity index is 2.51. The van der Waals surface area contributed by atoms with Gasteiger partial charge in [-0.05, 0) is 29.3 Å². The van der Waals surface area contributed by atoms with Gasteiger partial charge in [0.25, 0.3) is 5.69 Å². The summed E-state index contributed by atoms with van der Waals surface area (Å²) < 4.78 is 0. The molecule has 5 nitrogen and oxygen atoms in total. The lowest BCUT2D eigenvalue weighted by Gasteiger charge is -2.03. The molecule has 0 aliphatic carbocycles. The molecule has 0 aliphatic rings. The molecule has 0 aliphatic heterocycles. The van der Waals surface area contributed by atoms with Gasteiger partial charge in [-0.25, -0.2) is 0 Å². The number of aromatic hydroxyl groups is 1. The highest BCUT2D eigenvalue weighted by Gasteiger charge is 2.10. The molecule has 0 atom stereocenters. The van der Waals surface area contributed by atoms with Gasteiger partial charge in [0.1, 0.15) is 0 Å². The van der Waals surface area contributed by atoms with Crippen molar-refractivity contribution in [1.82, 2.24) is 0 Å². The number of halogens is 2. The number of nitrogens with zero attached hydrogens (tertiary/aromatic N) is 2. The molecule has 22 heavy (non-hydrogen) atoms. The molecular formula is C15H8Cl2N2O3. The standard InChI is InChI=1S/C15H8Cl2N2O3/c16-13-5-9(6-14(17)15(13)20)4-11(8-18)10-2-1-3-12(7-10)19(21)22/h1-7,20H. The first kappa shape index (κ1) is 15.8. The number of non-ortho nitro benzene ring substituents is 1. The molecule has 0 bridgehead atoms. The first-order chi connectivity index (χ1) is 10.4. The number of allylic oxidation sites excluding steroid dienone is 1. The Kier molecular flexibility index (Phi) is 4.66. The Morgan fingerprint density at radius 3 is 2.45 bits per heavy atom. The summed E-state index contributed by atoms with van der Waals surface area (Å²) in [6.45, 7) is 0. The number of hydrogen-bond donors (Lipinski definition) is 1. The van der Waals surface area contributed by atoms with Crippen molar-refractivity contribution >= 4 is 40.5 Å². The van der Waals surface area contributed by atoms with Crippen LogP contribution >= 0.6 is 23.2 Å². The minimum absolute atomic E-state index is 0.0510. The molecule has 2 aromatic carbocycles. The molecule has 0 spiro atoms. The van der Waals surface area contributed by atoms with Crippen LogP contribution < -0.4 is 0 Å². The van der Waals surface area contributed by atoms with Crippen LogP contribution in [0.25, 0.3) is 11.6 Å². The zero-order valence-corrected chi connectivity index (χ0v) is 12.5. The van der Waals surface area contributed by atoms with Gasteiger partial charge in [0.2, 0.25) is 0 Å². The largest absolute Gasteiger partial charge is 0.505 e. The summed E-state index contributed by atoms with van der Waals surface area (Å²) in [6, 6.07) is 10.6. The number of hydrogen-bond acceptors (Lipinski definition) is 4. The normalized spacial score (nSPS) is 11.0. The van der Waals surface area contributed by atoms with E-state index in [9.17, 15) is 20.5 Å². The van der Waals surface area contributed by atoms with E-state index in [4.69, 9.17) is 23.2 Å². The second-order valence-electron chi connectivity index (χ2n) is 4.31. The molecule has 0 radical (unpaired) electrons. The molecule has 2 rings (SSSR count). The van der Waals surface area contributed by atoms with Crippen LogP contribution in [0.1, 0.15) is 11.1 Å². The average molecular weight is 335 g/mol. The van der Waals surface area contributed by atoms with Crippen LogP contribution in [0, 0.1) is 21.4 Å². The molecule has 0 saturated heterocycles. The summed E-state index contributed by atoms with van der Waals surface area (Å²) >= 11 is 11.6. The Hall–Kier alpha value is -2.55. The first-order valence-corrected chi connectivity index (χ1v) is 6.72. The number of benzene rings is 2. The topological polar surface area (TPSA) is 87.2 Å². The monoisotopic (exact) mass is 334 g/mol. The number of nitriles is 1. The predicted octanol–water partition coefficient (Wildman–Crippen LogP) is 4.67. The van der Waals surface area contributed by atoms with Crippen LogP contribution in [0.15, 0.2) is 36.4 Å². The predicted molar refractivity (Wildman–Crippen MR) is 84.7 cm³/mol. The zero-order valence-electron chi connectivity index (χ0n) is 11.0. The fourth-order valence-corrected chi connectivity index (χ4v) is 2.31. The summed E-state index contributed by atoms with van der Waals surface area (Å²) in [5, 5.41) is 29.7. The number of rotatable bonds is 3. The van der Waals surface area contributed by atoms with Crippen LogP contribution in [0.5, 0.6) is 5.75 Å². The van der Waals surface area contributed by atoms with Crippen molar-refractivity contribution in [2.75, 3.05) is 0 Å². The van der Waals surface area contributed by atoms with Crippen LogP contribution in [-0.4, -0.2) is 10.0 Å². The quantitative estimate of drug-likeness (QED) is 0.382. The van der Waals surface area contributed by atoms with Crippen LogP contribution in [0.2, 0.25) is 10.0 Å². The number of phenols is 1. The summed E-state index contributed by atoms with van der Waals surface area (Å²) in [5.41, 5.74) is 0.995. The molecule has 0 unspecified atom stereocenters. The van der Waals surface area contributed by atoms with Crippen molar-refractivity contribution < 1.29 is 10.0 Å². The molecule has 2 aromatic rings. The van der Waals surface area contributed by atoms with E-state index in [1.807, 2.05) is 6.07 Å². The highest BCUT2D eigenvalue weighted by molar-refractivity contribution is 6.37. The summed E-state index contributed by atoms with van der Waals surface area (Å²) in [5.74, 6) is -0.241. The number of nitro benzene ring substituents is 1. The lowest BCUT2D eigenvalue weighted by molar-refractivity contribution is -0.384. The highest BCUT2D eigenvalue weighted by atomic mass is 35.5. The van der Waals surface area contributed by atoms with Crippen LogP contribution in [0.4, 0.5) is 5.69 Å². The summed E-state index contributed by atoms with van der Waals surface area (Å²) in [6.07, 6.45) is 1.48.